The summed E-state index contributed by atoms with van der Waals surface area (Å²) in [6, 6.07) is -0.0777. The molecule has 0 saturated heterocycles. The van der Waals surface area contributed by atoms with Crippen LogP contribution in [-0.2, 0) is 0 Å². The van der Waals surface area contributed by atoms with Crippen LogP contribution in [0.2, 0.25) is 0 Å². The molecule has 0 radical (unpaired) electrons. The quantitative estimate of drug-likeness (QED) is 0.770. The average molecular weight is 228 g/mol. The van der Waals surface area contributed by atoms with Gasteiger partial charge in [0.15, 0.2) is 0 Å². The summed E-state index contributed by atoms with van der Waals surface area (Å²) in [5, 5.41) is 12.5. The second kappa shape index (κ2) is 5.53. The molecule has 1 rings (SSSR count). The molecule has 0 atom stereocenters. The molecule has 4 nitrogen and oxygen atoms in total. The molecule has 2 amide bonds. The smallest absolute Gasteiger partial charge is 0.317 e. The van der Waals surface area contributed by atoms with Gasteiger partial charge in [0.25, 0.3) is 0 Å². The maximum atomic E-state index is 11.8. The molecule has 2 N–H and O–H groups in total. The standard InChI is InChI=1S/C12H24N2O2/c1-4-14(3)11(16)13-12(9-15)7-5-10(2)6-8-12/h10,15H,4-9H2,1-3H3,(H,13,16). The van der Waals surface area contributed by atoms with Gasteiger partial charge < -0.3 is 15.3 Å². The highest BCUT2D eigenvalue weighted by Gasteiger charge is 2.35. The lowest BCUT2D eigenvalue weighted by Crippen LogP contribution is -2.56. The van der Waals surface area contributed by atoms with E-state index >= 15 is 0 Å². The Morgan fingerprint density at radius 3 is 2.50 bits per heavy atom. The normalized spacial score (nSPS) is 29.9. The van der Waals surface area contributed by atoms with Crippen molar-refractivity contribution in [1.82, 2.24) is 10.2 Å². The van der Waals surface area contributed by atoms with E-state index < -0.39 is 0 Å². The average Bonchev–Trinajstić information content (AvgIpc) is 2.31. The van der Waals surface area contributed by atoms with Crippen LogP contribution in [0.25, 0.3) is 0 Å². The van der Waals surface area contributed by atoms with E-state index in [1.54, 1.807) is 11.9 Å². The Morgan fingerprint density at radius 2 is 2.06 bits per heavy atom. The summed E-state index contributed by atoms with van der Waals surface area (Å²) in [6.45, 7) is 4.89. The van der Waals surface area contributed by atoms with Crippen molar-refractivity contribution in [2.24, 2.45) is 5.92 Å². The van der Waals surface area contributed by atoms with Gasteiger partial charge in [-0.25, -0.2) is 4.79 Å². The van der Waals surface area contributed by atoms with Gasteiger partial charge in [-0.1, -0.05) is 6.92 Å². The first kappa shape index (κ1) is 13.3. The molecule has 16 heavy (non-hydrogen) atoms. The molecular weight excluding hydrogens is 204 g/mol. The van der Waals surface area contributed by atoms with Gasteiger partial charge in [-0.05, 0) is 38.5 Å². The van der Waals surface area contributed by atoms with Crippen molar-refractivity contribution in [1.29, 1.82) is 0 Å². The number of nitrogens with zero attached hydrogens (tertiary/aromatic N) is 1. The van der Waals surface area contributed by atoms with E-state index in [4.69, 9.17) is 0 Å². The highest BCUT2D eigenvalue weighted by molar-refractivity contribution is 5.74. The molecule has 94 valence electrons. The van der Waals surface area contributed by atoms with Crippen molar-refractivity contribution < 1.29 is 9.90 Å². The summed E-state index contributed by atoms with van der Waals surface area (Å²) in [4.78, 5) is 13.4. The second-order valence-corrected chi connectivity index (χ2v) is 5.07. The summed E-state index contributed by atoms with van der Waals surface area (Å²) in [7, 11) is 1.77. The molecule has 0 unspecified atom stereocenters. The van der Waals surface area contributed by atoms with Gasteiger partial charge in [-0.2, -0.15) is 0 Å². The van der Waals surface area contributed by atoms with Crippen LogP contribution in [-0.4, -0.2) is 41.8 Å². The monoisotopic (exact) mass is 228 g/mol. The third-order valence-corrected chi connectivity index (χ3v) is 3.73. The summed E-state index contributed by atoms with van der Waals surface area (Å²) < 4.78 is 0. The summed E-state index contributed by atoms with van der Waals surface area (Å²) in [6.07, 6.45) is 3.93. The fourth-order valence-corrected chi connectivity index (χ4v) is 2.10. The van der Waals surface area contributed by atoms with E-state index in [0.717, 1.165) is 25.7 Å². The Labute approximate surface area is 98.0 Å². The SMILES string of the molecule is CCN(C)C(=O)NC1(CO)CCC(C)CC1. The van der Waals surface area contributed by atoms with Crippen LogP contribution < -0.4 is 5.32 Å². The largest absolute Gasteiger partial charge is 0.394 e. The Morgan fingerprint density at radius 1 is 1.50 bits per heavy atom. The van der Waals surface area contributed by atoms with Crippen LogP contribution in [0.3, 0.4) is 0 Å². The first-order valence-corrected chi connectivity index (χ1v) is 6.17. The van der Waals surface area contributed by atoms with Gasteiger partial charge in [0.2, 0.25) is 0 Å². The van der Waals surface area contributed by atoms with Crippen LogP contribution in [0, 0.1) is 5.92 Å². The van der Waals surface area contributed by atoms with Gasteiger partial charge in [-0.3, -0.25) is 0 Å². The molecule has 4 heteroatoms. The molecule has 1 aliphatic carbocycles. The predicted molar refractivity (Wildman–Crippen MR) is 64.3 cm³/mol. The molecule has 0 aromatic carbocycles. The predicted octanol–water partition coefficient (Wildman–Crippen LogP) is 1.59. The molecule has 0 aromatic heterocycles. The topological polar surface area (TPSA) is 52.6 Å². The Bertz CT molecular complexity index is 235. The van der Waals surface area contributed by atoms with Gasteiger partial charge >= 0.3 is 6.03 Å². The van der Waals surface area contributed by atoms with Crippen LogP contribution in [0.5, 0.6) is 0 Å². The minimum Gasteiger partial charge on any atom is -0.394 e. The number of carbonyl (C=O) groups is 1. The van der Waals surface area contributed by atoms with Crippen molar-refractivity contribution >= 4 is 6.03 Å². The third-order valence-electron chi connectivity index (χ3n) is 3.73. The van der Waals surface area contributed by atoms with Crippen molar-refractivity contribution in [2.75, 3.05) is 20.2 Å². The fourth-order valence-electron chi connectivity index (χ4n) is 2.10. The number of rotatable bonds is 3. The van der Waals surface area contributed by atoms with Crippen LogP contribution in [0.15, 0.2) is 0 Å². The summed E-state index contributed by atoms with van der Waals surface area (Å²) >= 11 is 0. The maximum absolute atomic E-state index is 11.8. The zero-order valence-corrected chi connectivity index (χ0v) is 10.6. The lowest BCUT2D eigenvalue weighted by molar-refractivity contribution is 0.104. The molecular formula is C12H24N2O2. The number of aliphatic hydroxyl groups excluding tert-OH is 1. The number of hydrogen-bond donors (Lipinski definition) is 2. The molecule has 0 spiro atoms. The molecule has 0 heterocycles. The summed E-state index contributed by atoms with van der Waals surface area (Å²) in [5.41, 5.74) is -0.382. The lowest BCUT2D eigenvalue weighted by Gasteiger charge is -2.39. The second-order valence-electron chi connectivity index (χ2n) is 5.07. The Balaban J connectivity index is 2.57. The zero-order valence-electron chi connectivity index (χ0n) is 10.6. The lowest BCUT2D eigenvalue weighted by atomic mass is 9.77. The molecule has 1 aliphatic rings. The number of urea groups is 1. The number of nitrogens with one attached hydrogen (secondary N) is 1. The van der Waals surface area contributed by atoms with Crippen molar-refractivity contribution in [3.05, 3.63) is 0 Å². The van der Waals surface area contributed by atoms with E-state index in [1.807, 2.05) is 6.92 Å². The highest BCUT2D eigenvalue weighted by Crippen LogP contribution is 2.31. The summed E-state index contributed by atoms with van der Waals surface area (Å²) in [5.74, 6) is 0.709. The molecule has 1 saturated carbocycles. The van der Waals surface area contributed by atoms with Gasteiger partial charge in [0, 0.05) is 13.6 Å². The fraction of sp³-hybridized carbons (Fsp3) is 0.917. The first-order valence-electron chi connectivity index (χ1n) is 6.17. The molecule has 0 bridgehead atoms. The van der Waals surface area contributed by atoms with Crippen molar-refractivity contribution in [2.45, 2.75) is 45.1 Å². The van der Waals surface area contributed by atoms with Crippen LogP contribution in [0.1, 0.15) is 39.5 Å². The maximum Gasteiger partial charge on any atom is 0.317 e. The van der Waals surface area contributed by atoms with E-state index in [1.165, 1.54) is 0 Å². The van der Waals surface area contributed by atoms with Gasteiger partial charge in [-0.15, -0.1) is 0 Å². The number of hydrogen-bond acceptors (Lipinski definition) is 2. The highest BCUT2D eigenvalue weighted by atomic mass is 16.3. The number of carbonyl (C=O) groups excluding carboxylic acids is 1. The van der Waals surface area contributed by atoms with E-state index in [2.05, 4.69) is 12.2 Å². The van der Waals surface area contributed by atoms with Crippen LogP contribution in [0.4, 0.5) is 4.79 Å². The van der Waals surface area contributed by atoms with Gasteiger partial charge in [0.1, 0.15) is 0 Å². The van der Waals surface area contributed by atoms with E-state index in [-0.39, 0.29) is 18.2 Å². The molecule has 0 aliphatic heterocycles. The molecule has 1 fully saturated rings. The number of amides is 2. The first-order chi connectivity index (χ1) is 7.53. The van der Waals surface area contributed by atoms with Gasteiger partial charge in [0.05, 0.1) is 12.1 Å². The van der Waals surface area contributed by atoms with E-state index in [0.29, 0.717) is 12.5 Å². The third kappa shape index (κ3) is 3.11. The minimum absolute atomic E-state index is 0.0447. The van der Waals surface area contributed by atoms with Crippen molar-refractivity contribution in [3.8, 4) is 0 Å². The zero-order chi connectivity index (χ0) is 12.2. The van der Waals surface area contributed by atoms with Crippen molar-refractivity contribution in [3.63, 3.8) is 0 Å². The van der Waals surface area contributed by atoms with Crippen LogP contribution >= 0.6 is 0 Å². The minimum atomic E-state index is -0.382. The number of aliphatic hydroxyl groups is 1. The van der Waals surface area contributed by atoms with E-state index in [9.17, 15) is 9.90 Å². The molecule has 0 aromatic rings. The Hall–Kier alpha value is -0.770. The Kier molecular flexibility index (Phi) is 4.59.